The molecule has 1 aromatic carbocycles. The highest BCUT2D eigenvalue weighted by Gasteiger charge is 2.19. The molecule has 1 aromatic heterocycles. The van der Waals surface area contributed by atoms with Crippen molar-refractivity contribution in [2.75, 3.05) is 0 Å². The van der Waals surface area contributed by atoms with Crippen molar-refractivity contribution in [2.24, 2.45) is 5.92 Å². The van der Waals surface area contributed by atoms with Crippen LogP contribution in [0.25, 0.3) is 10.9 Å². The molecule has 0 spiro atoms. The van der Waals surface area contributed by atoms with Crippen LogP contribution in [0.1, 0.15) is 37.0 Å². The van der Waals surface area contributed by atoms with Crippen molar-refractivity contribution in [2.45, 2.75) is 26.7 Å². The maximum absolute atomic E-state index is 12.3. The number of carbonyl (C=O) groups is 1. The molecule has 2 rings (SSSR count). The number of hydrogen-bond acceptors (Lipinski definition) is 1. The van der Waals surface area contributed by atoms with Gasteiger partial charge in [0.05, 0.1) is 0 Å². The van der Waals surface area contributed by atoms with Gasteiger partial charge >= 0.3 is 0 Å². The van der Waals surface area contributed by atoms with Gasteiger partial charge in [0, 0.05) is 33.1 Å². The fourth-order valence-electron chi connectivity index (χ4n) is 2.16. The molecule has 0 amide bonds. The van der Waals surface area contributed by atoms with Crippen LogP contribution >= 0.6 is 15.9 Å². The topological polar surface area (TPSA) is 32.9 Å². The van der Waals surface area contributed by atoms with E-state index in [1.165, 1.54) is 0 Å². The Bertz CT molecular complexity index is 544. The van der Waals surface area contributed by atoms with E-state index in [9.17, 15) is 4.79 Å². The van der Waals surface area contributed by atoms with Crippen molar-refractivity contribution in [3.63, 3.8) is 0 Å². The number of carbonyl (C=O) groups excluding carboxylic acids is 1. The normalized spacial score (nSPS) is 12.9. The highest BCUT2D eigenvalue weighted by atomic mass is 79.9. The molecular weight excluding hydrogens is 278 g/mol. The molecule has 17 heavy (non-hydrogen) atoms. The van der Waals surface area contributed by atoms with E-state index >= 15 is 0 Å². The predicted octanol–water partition coefficient (Wildman–Crippen LogP) is 4.55. The molecule has 1 atom stereocenters. The van der Waals surface area contributed by atoms with Gasteiger partial charge in [0.2, 0.25) is 0 Å². The maximum Gasteiger partial charge on any atom is 0.167 e. The molecule has 0 aliphatic heterocycles. The Hall–Kier alpha value is -1.09. The number of aromatic nitrogens is 1. The van der Waals surface area contributed by atoms with Gasteiger partial charge in [0.25, 0.3) is 0 Å². The monoisotopic (exact) mass is 293 g/mol. The van der Waals surface area contributed by atoms with Crippen molar-refractivity contribution in [1.82, 2.24) is 4.98 Å². The number of aromatic amines is 1. The quantitative estimate of drug-likeness (QED) is 0.824. The van der Waals surface area contributed by atoms with Gasteiger partial charge in [0.1, 0.15) is 0 Å². The summed E-state index contributed by atoms with van der Waals surface area (Å²) >= 11 is 3.51. The zero-order valence-corrected chi connectivity index (χ0v) is 11.7. The summed E-state index contributed by atoms with van der Waals surface area (Å²) in [6.07, 6.45) is 3.80. The lowest BCUT2D eigenvalue weighted by Gasteiger charge is -2.08. The zero-order valence-electron chi connectivity index (χ0n) is 10.1. The van der Waals surface area contributed by atoms with Crippen molar-refractivity contribution in [1.29, 1.82) is 0 Å². The second-order valence-electron chi connectivity index (χ2n) is 4.42. The third-order valence-electron chi connectivity index (χ3n) is 3.09. The summed E-state index contributed by atoms with van der Waals surface area (Å²) in [6, 6.07) is 5.92. The molecule has 90 valence electrons. The van der Waals surface area contributed by atoms with E-state index in [1.807, 2.05) is 31.3 Å². The molecule has 0 aliphatic carbocycles. The SMILES string of the molecule is CCCC(C)C(=O)c1c[nH]c2cccc(Br)c12. The third-order valence-corrected chi connectivity index (χ3v) is 3.75. The summed E-state index contributed by atoms with van der Waals surface area (Å²) in [4.78, 5) is 15.5. The minimum absolute atomic E-state index is 0.0890. The van der Waals surface area contributed by atoms with E-state index in [0.29, 0.717) is 0 Å². The van der Waals surface area contributed by atoms with Gasteiger partial charge in [-0.05, 0) is 18.6 Å². The largest absolute Gasteiger partial charge is 0.360 e. The van der Waals surface area contributed by atoms with Gasteiger partial charge < -0.3 is 4.98 Å². The summed E-state index contributed by atoms with van der Waals surface area (Å²) in [5.74, 6) is 0.316. The first-order valence-corrected chi connectivity index (χ1v) is 6.74. The fourth-order valence-corrected chi connectivity index (χ4v) is 2.74. The maximum atomic E-state index is 12.3. The Morgan fingerprint density at radius 3 is 2.94 bits per heavy atom. The summed E-state index contributed by atoms with van der Waals surface area (Å²) in [6.45, 7) is 4.11. The van der Waals surface area contributed by atoms with Gasteiger partial charge in [-0.25, -0.2) is 0 Å². The van der Waals surface area contributed by atoms with Gasteiger partial charge in [-0.3, -0.25) is 4.79 Å². The first-order valence-electron chi connectivity index (χ1n) is 5.95. The van der Waals surface area contributed by atoms with E-state index in [2.05, 4.69) is 27.8 Å². The van der Waals surface area contributed by atoms with Gasteiger partial charge in [-0.2, -0.15) is 0 Å². The first-order chi connectivity index (χ1) is 8.15. The Labute approximate surface area is 110 Å². The molecule has 1 N–H and O–H groups in total. The van der Waals surface area contributed by atoms with E-state index in [-0.39, 0.29) is 11.7 Å². The van der Waals surface area contributed by atoms with Crippen molar-refractivity contribution in [3.8, 4) is 0 Å². The van der Waals surface area contributed by atoms with E-state index in [4.69, 9.17) is 0 Å². The molecule has 0 radical (unpaired) electrons. The van der Waals surface area contributed by atoms with Crippen LogP contribution in [0.4, 0.5) is 0 Å². The van der Waals surface area contributed by atoms with E-state index in [1.54, 1.807) is 0 Å². The fraction of sp³-hybridized carbons (Fsp3) is 0.357. The predicted molar refractivity (Wildman–Crippen MR) is 74.4 cm³/mol. The van der Waals surface area contributed by atoms with Crippen LogP contribution in [0.15, 0.2) is 28.9 Å². The third kappa shape index (κ3) is 2.29. The van der Waals surface area contributed by atoms with Crippen LogP contribution in [0.3, 0.4) is 0 Å². The van der Waals surface area contributed by atoms with Crippen molar-refractivity contribution >= 4 is 32.6 Å². The molecule has 0 fully saturated rings. The van der Waals surface area contributed by atoms with Crippen LogP contribution in [0.2, 0.25) is 0 Å². The van der Waals surface area contributed by atoms with Crippen LogP contribution in [-0.4, -0.2) is 10.8 Å². The van der Waals surface area contributed by atoms with Gasteiger partial charge in [0.15, 0.2) is 5.78 Å². The number of ketones is 1. The smallest absolute Gasteiger partial charge is 0.167 e. The first kappa shape index (κ1) is 12.4. The molecule has 2 nitrogen and oxygen atoms in total. The molecule has 1 heterocycles. The van der Waals surface area contributed by atoms with Gasteiger partial charge in [-0.15, -0.1) is 0 Å². The minimum atomic E-state index is 0.0890. The number of benzene rings is 1. The average Bonchev–Trinajstić information content (AvgIpc) is 2.73. The van der Waals surface area contributed by atoms with Crippen LogP contribution in [0, 0.1) is 5.92 Å². The Balaban J connectivity index is 2.46. The summed E-state index contributed by atoms with van der Waals surface area (Å²) < 4.78 is 0.975. The second kappa shape index (κ2) is 5.05. The van der Waals surface area contributed by atoms with Gasteiger partial charge in [-0.1, -0.05) is 42.3 Å². The lowest BCUT2D eigenvalue weighted by molar-refractivity contribution is 0.0925. The minimum Gasteiger partial charge on any atom is -0.360 e. The van der Waals surface area contributed by atoms with E-state index < -0.39 is 0 Å². The summed E-state index contributed by atoms with van der Waals surface area (Å²) in [5, 5.41) is 1.00. The number of fused-ring (bicyclic) bond motifs is 1. The van der Waals surface area contributed by atoms with Crippen molar-refractivity contribution < 1.29 is 4.79 Å². The van der Waals surface area contributed by atoms with Crippen LogP contribution in [-0.2, 0) is 0 Å². The Kier molecular flexibility index (Phi) is 3.67. The number of rotatable bonds is 4. The molecule has 1 unspecified atom stereocenters. The summed E-state index contributed by atoms with van der Waals surface area (Å²) in [5.41, 5.74) is 1.81. The second-order valence-corrected chi connectivity index (χ2v) is 5.27. The number of H-pyrrole nitrogens is 1. The molecule has 0 aliphatic rings. The standard InChI is InChI=1S/C14H16BrNO/c1-3-5-9(2)14(17)10-8-16-12-7-4-6-11(15)13(10)12/h4,6-9,16H,3,5H2,1-2H3. The van der Waals surface area contributed by atoms with Crippen LogP contribution < -0.4 is 0 Å². The Morgan fingerprint density at radius 2 is 2.24 bits per heavy atom. The highest BCUT2D eigenvalue weighted by molar-refractivity contribution is 9.10. The Morgan fingerprint density at radius 1 is 1.47 bits per heavy atom. The van der Waals surface area contributed by atoms with Crippen molar-refractivity contribution in [3.05, 3.63) is 34.4 Å². The molecule has 2 aromatic rings. The average molecular weight is 294 g/mol. The molecule has 0 saturated heterocycles. The summed E-state index contributed by atoms with van der Waals surface area (Å²) in [7, 11) is 0. The number of nitrogens with one attached hydrogen (secondary N) is 1. The number of halogens is 1. The molecular formula is C14H16BrNO. The van der Waals surface area contributed by atoms with E-state index in [0.717, 1.165) is 33.8 Å². The lowest BCUT2D eigenvalue weighted by atomic mass is 9.95. The highest BCUT2D eigenvalue weighted by Crippen LogP contribution is 2.29. The molecule has 0 bridgehead atoms. The zero-order chi connectivity index (χ0) is 12.4. The number of hydrogen-bond donors (Lipinski definition) is 1. The molecule has 0 saturated carbocycles. The van der Waals surface area contributed by atoms with Crippen LogP contribution in [0.5, 0.6) is 0 Å². The molecule has 3 heteroatoms. The number of Topliss-reactive ketones (excluding diaryl/α,β-unsaturated/α-hetero) is 1. The lowest BCUT2D eigenvalue weighted by Crippen LogP contribution is -2.10.